The van der Waals surface area contributed by atoms with Gasteiger partial charge >= 0.3 is 0 Å². The van der Waals surface area contributed by atoms with Crippen molar-refractivity contribution in [3.05, 3.63) is 33.8 Å². The van der Waals surface area contributed by atoms with Crippen LogP contribution >= 0.6 is 23.2 Å². The van der Waals surface area contributed by atoms with E-state index in [4.69, 9.17) is 28.9 Å². The molecule has 1 aromatic rings. The van der Waals surface area contributed by atoms with Crippen molar-refractivity contribution in [2.45, 2.75) is 26.4 Å². The molecule has 0 aliphatic rings. The van der Waals surface area contributed by atoms with Gasteiger partial charge in [0.15, 0.2) is 0 Å². The summed E-state index contributed by atoms with van der Waals surface area (Å²) in [5, 5.41) is 3.74. The molecule has 1 atom stereocenters. The van der Waals surface area contributed by atoms with Gasteiger partial charge in [0.25, 0.3) is 0 Å². The first kappa shape index (κ1) is 14.3. The van der Waals surface area contributed by atoms with Crippen LogP contribution in [0.3, 0.4) is 0 Å². The summed E-state index contributed by atoms with van der Waals surface area (Å²) < 4.78 is 0. The zero-order valence-corrected chi connectivity index (χ0v) is 11.3. The topological polar surface area (TPSA) is 55.1 Å². The van der Waals surface area contributed by atoms with Gasteiger partial charge in [0, 0.05) is 6.54 Å². The molecule has 3 nitrogen and oxygen atoms in total. The zero-order valence-electron chi connectivity index (χ0n) is 9.84. The second kappa shape index (κ2) is 6.24. The molecule has 0 radical (unpaired) electrons. The van der Waals surface area contributed by atoms with Crippen molar-refractivity contribution >= 4 is 29.1 Å². The van der Waals surface area contributed by atoms with Crippen molar-refractivity contribution in [3.8, 4) is 0 Å². The first-order chi connectivity index (χ1) is 7.91. The Morgan fingerprint density at radius 2 is 2.00 bits per heavy atom. The lowest BCUT2D eigenvalue weighted by Crippen LogP contribution is -2.43. The molecule has 0 unspecified atom stereocenters. The molecule has 17 heavy (non-hydrogen) atoms. The molecule has 0 heterocycles. The Kier molecular flexibility index (Phi) is 5.25. The van der Waals surface area contributed by atoms with Crippen LogP contribution in [0, 0.1) is 5.92 Å². The van der Waals surface area contributed by atoms with Crippen molar-refractivity contribution in [2.75, 3.05) is 0 Å². The number of nitrogens with one attached hydrogen (secondary N) is 1. The third-order valence-corrected chi connectivity index (χ3v) is 3.21. The minimum atomic E-state index is -0.488. The van der Waals surface area contributed by atoms with Gasteiger partial charge in [0.05, 0.1) is 16.1 Å². The number of carbonyl (C=O) groups excluding carboxylic acids is 1. The second-order valence-electron chi connectivity index (χ2n) is 4.24. The molecule has 0 aromatic heterocycles. The van der Waals surface area contributed by atoms with Gasteiger partial charge < -0.3 is 11.1 Å². The molecule has 0 saturated carbocycles. The van der Waals surface area contributed by atoms with Crippen LogP contribution in [0.2, 0.25) is 10.0 Å². The van der Waals surface area contributed by atoms with E-state index in [0.29, 0.717) is 16.6 Å². The highest BCUT2D eigenvalue weighted by atomic mass is 35.5. The van der Waals surface area contributed by atoms with Crippen LogP contribution in [-0.2, 0) is 11.3 Å². The lowest BCUT2D eigenvalue weighted by Gasteiger charge is -2.15. The second-order valence-corrected chi connectivity index (χ2v) is 5.05. The van der Waals surface area contributed by atoms with Crippen LogP contribution in [-0.4, -0.2) is 11.9 Å². The summed E-state index contributed by atoms with van der Waals surface area (Å²) in [6.45, 7) is 4.21. The maximum atomic E-state index is 11.6. The third-order valence-electron chi connectivity index (χ3n) is 2.47. The number of hydrogen-bond donors (Lipinski definition) is 2. The van der Waals surface area contributed by atoms with Gasteiger partial charge in [-0.3, -0.25) is 4.79 Å². The summed E-state index contributed by atoms with van der Waals surface area (Å²) in [4.78, 5) is 11.6. The minimum Gasteiger partial charge on any atom is -0.351 e. The first-order valence-electron chi connectivity index (χ1n) is 5.39. The number of halogens is 2. The fourth-order valence-electron chi connectivity index (χ4n) is 1.26. The van der Waals surface area contributed by atoms with E-state index < -0.39 is 6.04 Å². The van der Waals surface area contributed by atoms with Crippen LogP contribution in [0.25, 0.3) is 0 Å². The van der Waals surface area contributed by atoms with Crippen molar-refractivity contribution in [1.82, 2.24) is 5.32 Å². The highest BCUT2D eigenvalue weighted by molar-refractivity contribution is 6.42. The summed E-state index contributed by atoms with van der Waals surface area (Å²) in [6.07, 6.45) is 0. The Hall–Kier alpha value is -0.770. The van der Waals surface area contributed by atoms with Crippen molar-refractivity contribution < 1.29 is 4.79 Å². The molecule has 0 aliphatic heterocycles. The smallest absolute Gasteiger partial charge is 0.237 e. The molecule has 5 heteroatoms. The molecular formula is C12H16Cl2N2O. The Bertz CT molecular complexity index is 407. The molecule has 0 spiro atoms. The standard InChI is InChI=1S/C12H16Cl2N2O/c1-7(2)11(15)12(17)16-6-8-3-4-9(13)10(14)5-8/h3-5,7,11H,6,15H2,1-2H3,(H,16,17)/t11-/m1/s1. The van der Waals surface area contributed by atoms with Crippen molar-refractivity contribution in [1.29, 1.82) is 0 Å². The van der Waals surface area contributed by atoms with E-state index in [2.05, 4.69) is 5.32 Å². The Balaban J connectivity index is 2.56. The predicted molar refractivity (Wildman–Crippen MR) is 71.1 cm³/mol. The number of amides is 1. The largest absolute Gasteiger partial charge is 0.351 e. The van der Waals surface area contributed by atoms with Crippen LogP contribution < -0.4 is 11.1 Å². The Labute approximate surface area is 111 Å². The van der Waals surface area contributed by atoms with E-state index in [1.807, 2.05) is 19.9 Å². The van der Waals surface area contributed by atoms with Crippen molar-refractivity contribution in [3.63, 3.8) is 0 Å². The van der Waals surface area contributed by atoms with Gasteiger partial charge in [-0.2, -0.15) is 0 Å². The third kappa shape index (κ3) is 4.19. The van der Waals surface area contributed by atoms with E-state index in [-0.39, 0.29) is 11.8 Å². The maximum absolute atomic E-state index is 11.6. The van der Waals surface area contributed by atoms with E-state index in [1.165, 1.54) is 0 Å². The van der Waals surface area contributed by atoms with Crippen LogP contribution in [0.4, 0.5) is 0 Å². The molecule has 1 rings (SSSR count). The highest BCUT2D eigenvalue weighted by Crippen LogP contribution is 2.22. The summed E-state index contributed by atoms with van der Waals surface area (Å²) in [5.74, 6) is -0.0464. The number of rotatable bonds is 4. The van der Waals surface area contributed by atoms with Gasteiger partial charge in [-0.15, -0.1) is 0 Å². The normalized spacial score (nSPS) is 12.6. The van der Waals surface area contributed by atoms with Gasteiger partial charge in [-0.05, 0) is 23.6 Å². The van der Waals surface area contributed by atoms with Gasteiger partial charge in [-0.1, -0.05) is 43.1 Å². The molecular weight excluding hydrogens is 259 g/mol. The van der Waals surface area contributed by atoms with Crippen molar-refractivity contribution in [2.24, 2.45) is 11.7 Å². The zero-order chi connectivity index (χ0) is 13.0. The minimum absolute atomic E-state index is 0.115. The fraction of sp³-hybridized carbons (Fsp3) is 0.417. The monoisotopic (exact) mass is 274 g/mol. The van der Waals surface area contributed by atoms with E-state index in [0.717, 1.165) is 5.56 Å². The fourth-order valence-corrected chi connectivity index (χ4v) is 1.58. The van der Waals surface area contributed by atoms with Crippen LogP contribution in [0.1, 0.15) is 19.4 Å². The van der Waals surface area contributed by atoms with Gasteiger partial charge in [0.1, 0.15) is 0 Å². The van der Waals surface area contributed by atoms with Crippen LogP contribution in [0.15, 0.2) is 18.2 Å². The van der Waals surface area contributed by atoms with Gasteiger partial charge in [0.2, 0.25) is 5.91 Å². The average molecular weight is 275 g/mol. The van der Waals surface area contributed by atoms with E-state index in [1.54, 1.807) is 12.1 Å². The SMILES string of the molecule is CC(C)[C@@H](N)C(=O)NCc1ccc(Cl)c(Cl)c1. The van der Waals surface area contributed by atoms with E-state index in [9.17, 15) is 4.79 Å². The Morgan fingerprint density at radius 1 is 1.35 bits per heavy atom. The predicted octanol–water partition coefficient (Wildman–Crippen LogP) is 2.59. The lowest BCUT2D eigenvalue weighted by molar-refractivity contribution is -0.123. The van der Waals surface area contributed by atoms with Gasteiger partial charge in [-0.25, -0.2) is 0 Å². The summed E-state index contributed by atoms with van der Waals surface area (Å²) in [6, 6.07) is 4.76. The molecule has 0 saturated heterocycles. The number of nitrogens with two attached hydrogens (primary N) is 1. The molecule has 0 bridgehead atoms. The summed E-state index contributed by atoms with van der Waals surface area (Å²) >= 11 is 11.7. The summed E-state index contributed by atoms with van der Waals surface area (Å²) in [5.41, 5.74) is 6.61. The lowest BCUT2D eigenvalue weighted by atomic mass is 10.0. The molecule has 94 valence electrons. The van der Waals surface area contributed by atoms with Crippen LogP contribution in [0.5, 0.6) is 0 Å². The maximum Gasteiger partial charge on any atom is 0.237 e. The van der Waals surface area contributed by atoms with E-state index >= 15 is 0 Å². The molecule has 1 aromatic carbocycles. The Morgan fingerprint density at radius 3 is 2.53 bits per heavy atom. The molecule has 0 aliphatic carbocycles. The molecule has 1 amide bonds. The number of hydrogen-bond acceptors (Lipinski definition) is 2. The highest BCUT2D eigenvalue weighted by Gasteiger charge is 2.16. The number of carbonyl (C=O) groups is 1. The molecule has 0 fully saturated rings. The quantitative estimate of drug-likeness (QED) is 0.887. The number of benzene rings is 1. The average Bonchev–Trinajstić information content (AvgIpc) is 2.29. The first-order valence-corrected chi connectivity index (χ1v) is 6.14. The summed E-state index contributed by atoms with van der Waals surface area (Å²) in [7, 11) is 0. The molecule has 3 N–H and O–H groups in total.